The molecular formula is C18H17NO2. The van der Waals surface area contributed by atoms with Gasteiger partial charge in [0.1, 0.15) is 0 Å². The maximum absolute atomic E-state index is 12.3. The van der Waals surface area contributed by atoms with Gasteiger partial charge in [0.15, 0.2) is 11.6 Å². The lowest BCUT2D eigenvalue weighted by Crippen LogP contribution is -2.01. The second-order valence-electron chi connectivity index (χ2n) is 5.12. The lowest BCUT2D eigenvalue weighted by molar-refractivity contribution is 0.0981. The fraction of sp³-hybridized carbons (Fsp3) is 0.222. The molecule has 0 aliphatic carbocycles. The molecule has 3 aromatic rings. The molecule has 21 heavy (non-hydrogen) atoms. The summed E-state index contributed by atoms with van der Waals surface area (Å²) in [6.45, 7) is 3.68. The zero-order valence-corrected chi connectivity index (χ0v) is 12.2. The second kappa shape index (κ2) is 5.17. The van der Waals surface area contributed by atoms with E-state index in [2.05, 4.69) is 0 Å². The number of benzene rings is 1. The molecule has 0 aliphatic rings. The van der Waals surface area contributed by atoms with Crippen LogP contribution >= 0.6 is 0 Å². The van der Waals surface area contributed by atoms with E-state index >= 15 is 0 Å². The Labute approximate surface area is 123 Å². The van der Waals surface area contributed by atoms with Gasteiger partial charge in [-0.15, -0.1) is 0 Å². The van der Waals surface area contributed by atoms with E-state index in [-0.39, 0.29) is 11.6 Å². The first-order valence-electron chi connectivity index (χ1n) is 7.26. The first-order valence-corrected chi connectivity index (χ1v) is 7.26. The Morgan fingerprint density at radius 1 is 1.00 bits per heavy atom. The third kappa shape index (κ3) is 2.05. The molecule has 3 heteroatoms. The molecule has 1 aromatic carbocycles. The summed E-state index contributed by atoms with van der Waals surface area (Å²) in [4.78, 5) is 24.4. The number of hydrogen-bond donors (Lipinski definition) is 0. The topological polar surface area (TPSA) is 38.5 Å². The van der Waals surface area contributed by atoms with Crippen molar-refractivity contribution in [1.82, 2.24) is 4.40 Å². The largest absolute Gasteiger partial charge is 0.313 e. The van der Waals surface area contributed by atoms with Gasteiger partial charge in [-0.05, 0) is 17.5 Å². The van der Waals surface area contributed by atoms with Crippen LogP contribution in [0.3, 0.4) is 0 Å². The molecule has 0 atom stereocenters. The molecule has 0 amide bonds. The fourth-order valence-corrected chi connectivity index (χ4v) is 2.77. The Hall–Kier alpha value is -2.42. The van der Waals surface area contributed by atoms with Crippen molar-refractivity contribution < 1.29 is 9.59 Å². The number of aromatic nitrogens is 1. The van der Waals surface area contributed by atoms with Crippen LogP contribution in [0, 0.1) is 0 Å². The predicted molar refractivity (Wildman–Crippen MR) is 84.1 cm³/mol. The molecule has 2 heterocycles. The third-order valence-electron chi connectivity index (χ3n) is 3.88. The van der Waals surface area contributed by atoms with E-state index in [1.165, 1.54) is 0 Å². The van der Waals surface area contributed by atoms with Crippen molar-refractivity contribution in [3.8, 4) is 0 Å². The van der Waals surface area contributed by atoms with Crippen molar-refractivity contribution in [3.63, 3.8) is 0 Å². The number of carbonyl (C=O) groups is 2. The van der Waals surface area contributed by atoms with Gasteiger partial charge in [0, 0.05) is 30.0 Å². The minimum atomic E-state index is 0.0513. The van der Waals surface area contributed by atoms with Crippen molar-refractivity contribution in [2.75, 3.05) is 0 Å². The lowest BCUT2D eigenvalue weighted by Gasteiger charge is -2.05. The van der Waals surface area contributed by atoms with Gasteiger partial charge < -0.3 is 4.40 Å². The van der Waals surface area contributed by atoms with Crippen LogP contribution in [0.2, 0.25) is 0 Å². The molecular weight excluding hydrogens is 262 g/mol. The fourth-order valence-electron chi connectivity index (χ4n) is 2.77. The summed E-state index contributed by atoms with van der Waals surface area (Å²) in [5.41, 5.74) is 2.08. The first kappa shape index (κ1) is 13.6. The maximum atomic E-state index is 12.3. The van der Waals surface area contributed by atoms with Crippen molar-refractivity contribution in [1.29, 1.82) is 0 Å². The standard InChI is InChI=1S/C18H17NO2/c1-3-16(20)14-11-15(17(21)4-2)19-10-9-12-7-5-6-8-13(12)18(14)19/h5-11H,3-4H2,1-2H3. The Balaban J connectivity index is 2.46. The number of ketones is 2. The van der Waals surface area contributed by atoms with Crippen LogP contribution in [0.5, 0.6) is 0 Å². The van der Waals surface area contributed by atoms with E-state index in [4.69, 9.17) is 0 Å². The number of carbonyl (C=O) groups excluding carboxylic acids is 2. The summed E-state index contributed by atoms with van der Waals surface area (Å²) >= 11 is 0. The van der Waals surface area contributed by atoms with Crippen LogP contribution in [-0.4, -0.2) is 16.0 Å². The summed E-state index contributed by atoms with van der Waals surface area (Å²) in [6, 6.07) is 11.7. The first-order chi connectivity index (χ1) is 10.2. The Kier molecular flexibility index (Phi) is 3.34. The summed E-state index contributed by atoms with van der Waals surface area (Å²) in [5, 5.41) is 2.08. The van der Waals surface area contributed by atoms with Crippen LogP contribution in [0.1, 0.15) is 47.5 Å². The Morgan fingerprint density at radius 2 is 1.71 bits per heavy atom. The van der Waals surface area contributed by atoms with Gasteiger partial charge in [-0.1, -0.05) is 38.1 Å². The summed E-state index contributed by atoms with van der Waals surface area (Å²) < 4.78 is 1.86. The highest BCUT2D eigenvalue weighted by atomic mass is 16.1. The minimum absolute atomic E-state index is 0.0513. The molecule has 2 aromatic heterocycles. The van der Waals surface area contributed by atoms with Gasteiger partial charge in [-0.2, -0.15) is 0 Å². The average Bonchev–Trinajstić information content (AvgIpc) is 2.93. The van der Waals surface area contributed by atoms with Crippen molar-refractivity contribution in [3.05, 3.63) is 53.9 Å². The smallest absolute Gasteiger partial charge is 0.179 e. The van der Waals surface area contributed by atoms with E-state index in [9.17, 15) is 9.59 Å². The molecule has 0 N–H and O–H groups in total. The number of rotatable bonds is 4. The van der Waals surface area contributed by atoms with Gasteiger partial charge in [0.25, 0.3) is 0 Å². The Bertz CT molecular complexity index is 858. The number of nitrogens with zero attached hydrogens (tertiary/aromatic N) is 1. The molecule has 0 saturated heterocycles. The van der Waals surface area contributed by atoms with E-state index in [1.54, 1.807) is 6.07 Å². The zero-order valence-electron chi connectivity index (χ0n) is 12.2. The molecule has 0 fully saturated rings. The quantitative estimate of drug-likeness (QED) is 0.669. The van der Waals surface area contributed by atoms with Crippen LogP contribution in [0.25, 0.3) is 16.3 Å². The average molecular weight is 279 g/mol. The molecule has 106 valence electrons. The van der Waals surface area contributed by atoms with Crippen LogP contribution in [0.4, 0.5) is 0 Å². The van der Waals surface area contributed by atoms with Crippen molar-refractivity contribution >= 4 is 27.9 Å². The van der Waals surface area contributed by atoms with E-state index in [0.717, 1.165) is 16.3 Å². The van der Waals surface area contributed by atoms with Gasteiger partial charge in [0.05, 0.1) is 11.2 Å². The SMILES string of the molecule is CCC(=O)c1cc(C(=O)CC)n2ccc3ccccc3c12. The van der Waals surface area contributed by atoms with Crippen LogP contribution < -0.4 is 0 Å². The van der Waals surface area contributed by atoms with Gasteiger partial charge in [-0.3, -0.25) is 9.59 Å². The maximum Gasteiger partial charge on any atom is 0.179 e. The van der Waals surface area contributed by atoms with Crippen molar-refractivity contribution in [2.45, 2.75) is 26.7 Å². The highest BCUT2D eigenvalue weighted by Crippen LogP contribution is 2.27. The van der Waals surface area contributed by atoms with E-state index < -0.39 is 0 Å². The molecule has 0 radical (unpaired) electrons. The summed E-state index contributed by atoms with van der Waals surface area (Å²) in [5.74, 6) is 0.120. The van der Waals surface area contributed by atoms with Crippen molar-refractivity contribution in [2.24, 2.45) is 0 Å². The van der Waals surface area contributed by atoms with E-state index in [1.807, 2.05) is 54.8 Å². The van der Waals surface area contributed by atoms with Gasteiger partial charge in [0.2, 0.25) is 0 Å². The lowest BCUT2D eigenvalue weighted by atomic mass is 10.1. The summed E-state index contributed by atoms with van der Waals surface area (Å²) in [6.07, 6.45) is 2.74. The molecule has 3 rings (SSSR count). The van der Waals surface area contributed by atoms with Gasteiger partial charge >= 0.3 is 0 Å². The number of fused-ring (bicyclic) bond motifs is 3. The van der Waals surface area contributed by atoms with Crippen LogP contribution in [-0.2, 0) is 0 Å². The number of Topliss-reactive ketones (excluding diaryl/α,β-unsaturated/α-hetero) is 2. The predicted octanol–water partition coefficient (Wildman–Crippen LogP) is 4.28. The Morgan fingerprint density at radius 3 is 2.43 bits per heavy atom. The highest BCUT2D eigenvalue weighted by molar-refractivity contribution is 6.13. The minimum Gasteiger partial charge on any atom is -0.313 e. The molecule has 0 bridgehead atoms. The number of hydrogen-bond acceptors (Lipinski definition) is 2. The monoisotopic (exact) mass is 279 g/mol. The molecule has 0 spiro atoms. The van der Waals surface area contributed by atoms with Gasteiger partial charge in [-0.25, -0.2) is 0 Å². The molecule has 0 saturated carbocycles. The molecule has 0 aliphatic heterocycles. The van der Waals surface area contributed by atoms with E-state index in [0.29, 0.717) is 24.1 Å². The zero-order chi connectivity index (χ0) is 15.0. The third-order valence-corrected chi connectivity index (χ3v) is 3.88. The normalized spacial score (nSPS) is 11.1. The number of pyridine rings is 1. The molecule has 0 unspecified atom stereocenters. The second-order valence-corrected chi connectivity index (χ2v) is 5.12. The highest BCUT2D eigenvalue weighted by Gasteiger charge is 2.19. The summed E-state index contributed by atoms with van der Waals surface area (Å²) in [7, 11) is 0. The molecule has 3 nitrogen and oxygen atoms in total. The van der Waals surface area contributed by atoms with Crippen LogP contribution in [0.15, 0.2) is 42.6 Å².